The second kappa shape index (κ2) is 11.7. The molecular weight excluding hydrogens is 456 g/mol. The van der Waals surface area contributed by atoms with Crippen molar-refractivity contribution in [3.05, 3.63) is 54.1 Å². The van der Waals surface area contributed by atoms with Crippen LogP contribution in [0.1, 0.15) is 31.2 Å². The maximum atomic E-state index is 12.4. The van der Waals surface area contributed by atoms with E-state index in [2.05, 4.69) is 15.4 Å². The van der Waals surface area contributed by atoms with Crippen LogP contribution in [0.15, 0.2) is 53.4 Å². The van der Waals surface area contributed by atoms with Gasteiger partial charge in [0.1, 0.15) is 10.6 Å². The number of urea groups is 1. The number of carbonyl (C=O) groups is 2. The molecule has 9 nitrogen and oxygen atoms in total. The van der Waals surface area contributed by atoms with Gasteiger partial charge in [-0.3, -0.25) is 4.79 Å². The van der Waals surface area contributed by atoms with Crippen molar-refractivity contribution in [2.24, 2.45) is 0 Å². The van der Waals surface area contributed by atoms with Crippen LogP contribution in [0.25, 0.3) is 6.08 Å². The van der Waals surface area contributed by atoms with Crippen LogP contribution in [0.4, 0.5) is 16.2 Å². The van der Waals surface area contributed by atoms with Crippen LogP contribution in [0.5, 0.6) is 5.75 Å². The Hall–Kier alpha value is -3.37. The average Bonchev–Trinajstić information content (AvgIpc) is 3.13. The number of benzene rings is 2. The fourth-order valence-corrected chi connectivity index (χ4v) is 4.51. The lowest BCUT2D eigenvalue weighted by Gasteiger charge is -2.20. The molecule has 0 aromatic heterocycles. The van der Waals surface area contributed by atoms with Crippen LogP contribution in [-0.4, -0.2) is 52.5 Å². The minimum atomic E-state index is -3.71. The Balaban J connectivity index is 1.59. The molecule has 2 aromatic carbocycles. The third-order valence-corrected chi connectivity index (χ3v) is 6.91. The molecule has 1 aliphatic rings. The van der Waals surface area contributed by atoms with E-state index in [0.29, 0.717) is 16.9 Å². The highest BCUT2D eigenvalue weighted by Crippen LogP contribution is 2.25. The number of nitrogens with zero attached hydrogens (tertiary/aromatic N) is 1. The Labute approximate surface area is 200 Å². The van der Waals surface area contributed by atoms with Crippen molar-refractivity contribution in [2.45, 2.75) is 30.6 Å². The van der Waals surface area contributed by atoms with Crippen molar-refractivity contribution < 1.29 is 22.7 Å². The van der Waals surface area contributed by atoms with Gasteiger partial charge in [0.2, 0.25) is 15.9 Å². The molecule has 182 valence electrons. The number of nitrogens with one attached hydrogen (secondary N) is 3. The summed E-state index contributed by atoms with van der Waals surface area (Å²) in [5, 5.41) is 5.63. The molecule has 0 unspecified atom stereocenters. The van der Waals surface area contributed by atoms with E-state index in [1.165, 1.54) is 38.4 Å². The van der Waals surface area contributed by atoms with Crippen LogP contribution in [0.2, 0.25) is 0 Å². The smallest absolute Gasteiger partial charge is 0.321 e. The van der Waals surface area contributed by atoms with Crippen LogP contribution in [0, 0.1) is 0 Å². The predicted molar refractivity (Wildman–Crippen MR) is 132 cm³/mol. The fourth-order valence-electron chi connectivity index (χ4n) is 3.59. The van der Waals surface area contributed by atoms with Crippen LogP contribution >= 0.6 is 0 Å². The lowest BCUT2D eigenvalue weighted by atomic mass is 10.2. The number of anilines is 2. The number of ether oxygens (including phenoxy) is 1. The summed E-state index contributed by atoms with van der Waals surface area (Å²) in [6, 6.07) is 11.4. The molecule has 3 rings (SSSR count). The normalized spacial score (nSPS) is 14.5. The first-order chi connectivity index (χ1) is 16.3. The second-order valence-corrected chi connectivity index (χ2v) is 9.70. The SMILES string of the molecule is CNS(=O)(=O)c1cc(/C=C/C(=O)Nc2ccc(NC(=O)N3CCCCCC3)cc2)ccc1OC. The van der Waals surface area contributed by atoms with Gasteiger partial charge in [0, 0.05) is 30.5 Å². The Morgan fingerprint density at radius 3 is 2.15 bits per heavy atom. The molecule has 1 aliphatic heterocycles. The van der Waals surface area contributed by atoms with E-state index in [1.54, 1.807) is 30.3 Å². The van der Waals surface area contributed by atoms with E-state index in [0.717, 1.165) is 38.8 Å². The Morgan fingerprint density at radius 2 is 1.56 bits per heavy atom. The van der Waals surface area contributed by atoms with E-state index in [-0.39, 0.29) is 22.6 Å². The molecule has 0 radical (unpaired) electrons. The lowest BCUT2D eigenvalue weighted by Crippen LogP contribution is -2.35. The van der Waals surface area contributed by atoms with Gasteiger partial charge in [-0.2, -0.15) is 0 Å². The summed E-state index contributed by atoms with van der Waals surface area (Å²) in [4.78, 5) is 26.6. The zero-order valence-electron chi connectivity index (χ0n) is 19.3. The second-order valence-electron chi connectivity index (χ2n) is 7.85. The highest BCUT2D eigenvalue weighted by molar-refractivity contribution is 7.89. The van der Waals surface area contributed by atoms with Gasteiger partial charge in [0.15, 0.2) is 0 Å². The number of hydrogen-bond donors (Lipinski definition) is 3. The first kappa shape index (κ1) is 25.3. The zero-order chi connectivity index (χ0) is 24.6. The predicted octanol–water partition coefficient (Wildman–Crippen LogP) is 3.66. The molecule has 0 aliphatic carbocycles. The Bertz CT molecular complexity index is 1140. The van der Waals surface area contributed by atoms with E-state index < -0.39 is 10.0 Å². The van der Waals surface area contributed by atoms with Crippen molar-refractivity contribution in [3.63, 3.8) is 0 Å². The maximum absolute atomic E-state index is 12.4. The fraction of sp³-hybridized carbons (Fsp3) is 0.333. The summed E-state index contributed by atoms with van der Waals surface area (Å²) in [5.74, 6) is -0.172. The number of carbonyl (C=O) groups excluding carboxylic acids is 2. The Morgan fingerprint density at radius 1 is 0.941 bits per heavy atom. The molecule has 1 heterocycles. The first-order valence-electron chi connectivity index (χ1n) is 11.1. The molecule has 2 aromatic rings. The summed E-state index contributed by atoms with van der Waals surface area (Å²) in [6.07, 6.45) is 7.18. The molecule has 3 amide bonds. The van der Waals surface area contributed by atoms with Crippen molar-refractivity contribution >= 4 is 39.4 Å². The summed E-state index contributed by atoms with van der Waals surface area (Å²) >= 11 is 0. The Kier molecular flexibility index (Phi) is 8.67. The third-order valence-electron chi connectivity index (χ3n) is 5.47. The molecule has 0 spiro atoms. The van der Waals surface area contributed by atoms with E-state index in [4.69, 9.17) is 4.74 Å². The summed E-state index contributed by atoms with van der Waals surface area (Å²) in [5.41, 5.74) is 1.74. The van der Waals surface area contributed by atoms with Crippen molar-refractivity contribution in [1.29, 1.82) is 0 Å². The minimum absolute atomic E-state index is 0.0159. The third kappa shape index (κ3) is 6.82. The van der Waals surface area contributed by atoms with Crippen molar-refractivity contribution in [1.82, 2.24) is 9.62 Å². The highest BCUT2D eigenvalue weighted by atomic mass is 32.2. The zero-order valence-corrected chi connectivity index (χ0v) is 20.2. The van der Waals surface area contributed by atoms with Gasteiger partial charge in [-0.1, -0.05) is 18.9 Å². The summed E-state index contributed by atoms with van der Waals surface area (Å²) in [7, 11) is -1.01. The maximum Gasteiger partial charge on any atom is 0.321 e. The van der Waals surface area contributed by atoms with Gasteiger partial charge in [-0.05, 0) is 67.9 Å². The molecule has 0 saturated carbocycles. The van der Waals surface area contributed by atoms with Gasteiger partial charge in [-0.25, -0.2) is 17.9 Å². The number of amides is 3. The van der Waals surface area contributed by atoms with E-state index >= 15 is 0 Å². The topological polar surface area (TPSA) is 117 Å². The molecule has 0 bridgehead atoms. The van der Waals surface area contributed by atoms with Crippen molar-refractivity contribution in [3.8, 4) is 5.75 Å². The van der Waals surface area contributed by atoms with Crippen LogP contribution in [-0.2, 0) is 14.8 Å². The number of methoxy groups -OCH3 is 1. The van der Waals surface area contributed by atoms with E-state index in [9.17, 15) is 18.0 Å². The largest absolute Gasteiger partial charge is 0.495 e. The van der Waals surface area contributed by atoms with Gasteiger partial charge < -0.3 is 20.3 Å². The van der Waals surface area contributed by atoms with Gasteiger partial charge >= 0.3 is 6.03 Å². The standard InChI is InChI=1S/C24H30N4O5S/c1-25-34(31,32)22-17-18(7-13-21(22)33-2)8-14-23(29)26-19-9-11-20(12-10-19)27-24(30)28-15-5-3-4-6-16-28/h7-14,17,25H,3-6,15-16H2,1-2H3,(H,26,29)(H,27,30)/b14-8+. The highest BCUT2D eigenvalue weighted by Gasteiger charge is 2.18. The quantitative estimate of drug-likeness (QED) is 0.517. The number of rotatable bonds is 7. The molecule has 1 saturated heterocycles. The van der Waals surface area contributed by atoms with Crippen LogP contribution < -0.4 is 20.1 Å². The molecule has 3 N–H and O–H groups in total. The lowest BCUT2D eigenvalue weighted by molar-refractivity contribution is -0.111. The van der Waals surface area contributed by atoms with Crippen LogP contribution in [0.3, 0.4) is 0 Å². The van der Waals surface area contributed by atoms with Gasteiger partial charge in [0.25, 0.3) is 0 Å². The van der Waals surface area contributed by atoms with Gasteiger partial charge in [-0.15, -0.1) is 0 Å². The molecule has 10 heteroatoms. The molecule has 1 fully saturated rings. The van der Waals surface area contributed by atoms with Gasteiger partial charge in [0.05, 0.1) is 7.11 Å². The summed E-state index contributed by atoms with van der Waals surface area (Å²) < 4.78 is 31.7. The number of sulfonamides is 1. The summed E-state index contributed by atoms with van der Waals surface area (Å²) in [6.45, 7) is 1.53. The molecule has 0 atom stereocenters. The average molecular weight is 487 g/mol. The molecule has 34 heavy (non-hydrogen) atoms. The minimum Gasteiger partial charge on any atom is -0.495 e. The number of hydrogen-bond acceptors (Lipinski definition) is 5. The monoisotopic (exact) mass is 486 g/mol. The number of likely N-dealkylation sites (tertiary alicyclic amines) is 1. The molecular formula is C24H30N4O5S. The first-order valence-corrected chi connectivity index (χ1v) is 12.6. The van der Waals surface area contributed by atoms with Crippen molar-refractivity contribution in [2.75, 3.05) is 37.9 Å². The van der Waals surface area contributed by atoms with E-state index in [1.807, 2.05) is 4.90 Å².